The van der Waals surface area contributed by atoms with Gasteiger partial charge in [-0.05, 0) is 37.1 Å². The van der Waals surface area contributed by atoms with Gasteiger partial charge in [-0.3, -0.25) is 0 Å². The number of unbranched alkanes of at least 4 members (excludes halogenated alkanes) is 2. The van der Waals surface area contributed by atoms with E-state index in [1.54, 1.807) is 0 Å². The molecule has 0 aromatic heterocycles. The first-order chi connectivity index (χ1) is 6.77. The molecule has 0 heterocycles. The van der Waals surface area contributed by atoms with Crippen molar-refractivity contribution in [3.8, 4) is 0 Å². The zero-order valence-electron chi connectivity index (χ0n) is 9.97. The minimum Gasteiger partial charge on any atom is -0.330 e. The lowest BCUT2D eigenvalue weighted by Crippen LogP contribution is -2.29. The summed E-state index contributed by atoms with van der Waals surface area (Å²) >= 11 is 0. The minimum atomic E-state index is 0.836. The highest BCUT2D eigenvalue weighted by Gasteiger charge is 2.26. The van der Waals surface area contributed by atoms with E-state index in [0.717, 1.165) is 24.3 Å². The van der Waals surface area contributed by atoms with Crippen LogP contribution in [0.3, 0.4) is 0 Å². The molecule has 2 N–H and O–H groups in total. The van der Waals surface area contributed by atoms with Crippen molar-refractivity contribution in [2.45, 2.75) is 58.8 Å². The summed E-state index contributed by atoms with van der Waals surface area (Å²) < 4.78 is 0. The average molecular weight is 197 g/mol. The molecule has 0 aromatic carbocycles. The number of nitrogens with two attached hydrogens (primary N) is 1. The van der Waals surface area contributed by atoms with Crippen molar-refractivity contribution in [2.24, 2.45) is 23.5 Å². The molecule has 1 fully saturated rings. The van der Waals surface area contributed by atoms with Gasteiger partial charge in [0, 0.05) is 0 Å². The molecular weight excluding hydrogens is 170 g/mol. The Bertz CT molecular complexity index is 144. The number of hydrogen-bond donors (Lipinski definition) is 1. The largest absolute Gasteiger partial charge is 0.330 e. The van der Waals surface area contributed by atoms with E-state index in [4.69, 9.17) is 5.73 Å². The van der Waals surface area contributed by atoms with Crippen LogP contribution in [0.4, 0.5) is 0 Å². The first kappa shape index (κ1) is 12.0. The highest BCUT2D eigenvalue weighted by Crippen LogP contribution is 2.36. The van der Waals surface area contributed by atoms with E-state index in [9.17, 15) is 0 Å². The molecule has 3 unspecified atom stereocenters. The van der Waals surface area contributed by atoms with Gasteiger partial charge in [0.25, 0.3) is 0 Å². The molecule has 1 nitrogen and oxygen atoms in total. The molecule has 0 bridgehead atoms. The van der Waals surface area contributed by atoms with Crippen molar-refractivity contribution in [3.63, 3.8) is 0 Å². The molecule has 0 amide bonds. The molecule has 1 aliphatic rings. The zero-order valence-corrected chi connectivity index (χ0v) is 9.97. The Hall–Kier alpha value is -0.0400. The Kier molecular flexibility index (Phi) is 5.54. The Balaban J connectivity index is 2.29. The summed E-state index contributed by atoms with van der Waals surface area (Å²) in [6.45, 7) is 5.60. The van der Waals surface area contributed by atoms with Crippen LogP contribution in [-0.4, -0.2) is 6.54 Å². The highest BCUT2D eigenvalue weighted by molar-refractivity contribution is 4.79. The summed E-state index contributed by atoms with van der Waals surface area (Å²) in [5.41, 5.74) is 5.84. The van der Waals surface area contributed by atoms with Gasteiger partial charge in [0.2, 0.25) is 0 Å². The maximum atomic E-state index is 5.84. The molecule has 14 heavy (non-hydrogen) atoms. The average Bonchev–Trinajstić information content (AvgIpc) is 2.19. The van der Waals surface area contributed by atoms with Crippen molar-refractivity contribution in [3.05, 3.63) is 0 Å². The zero-order chi connectivity index (χ0) is 10.4. The van der Waals surface area contributed by atoms with E-state index in [1.807, 2.05) is 0 Å². The molecule has 1 rings (SSSR count). The van der Waals surface area contributed by atoms with Gasteiger partial charge < -0.3 is 5.73 Å². The molecule has 1 saturated carbocycles. The highest BCUT2D eigenvalue weighted by atomic mass is 14.6. The lowest BCUT2D eigenvalue weighted by atomic mass is 9.72. The van der Waals surface area contributed by atoms with Gasteiger partial charge in [0.1, 0.15) is 0 Å². The second-order valence-electron chi connectivity index (χ2n) is 5.17. The van der Waals surface area contributed by atoms with E-state index in [2.05, 4.69) is 13.8 Å². The van der Waals surface area contributed by atoms with E-state index < -0.39 is 0 Å². The topological polar surface area (TPSA) is 26.0 Å². The van der Waals surface area contributed by atoms with Gasteiger partial charge in [-0.1, -0.05) is 46.0 Å². The van der Waals surface area contributed by atoms with Gasteiger partial charge in [-0.25, -0.2) is 0 Å². The van der Waals surface area contributed by atoms with E-state index in [1.165, 1.54) is 44.9 Å². The van der Waals surface area contributed by atoms with Crippen molar-refractivity contribution in [2.75, 3.05) is 6.54 Å². The fraction of sp³-hybridized carbons (Fsp3) is 1.00. The van der Waals surface area contributed by atoms with Crippen LogP contribution < -0.4 is 5.73 Å². The Morgan fingerprint density at radius 1 is 1.14 bits per heavy atom. The van der Waals surface area contributed by atoms with Gasteiger partial charge >= 0.3 is 0 Å². The van der Waals surface area contributed by atoms with Crippen LogP contribution in [-0.2, 0) is 0 Å². The third kappa shape index (κ3) is 3.61. The fourth-order valence-corrected chi connectivity index (χ4v) is 2.88. The summed E-state index contributed by atoms with van der Waals surface area (Å²) in [6, 6.07) is 0. The molecule has 0 radical (unpaired) electrons. The normalized spacial score (nSPS) is 33.2. The summed E-state index contributed by atoms with van der Waals surface area (Å²) in [4.78, 5) is 0. The van der Waals surface area contributed by atoms with Crippen LogP contribution in [0.2, 0.25) is 0 Å². The third-order valence-electron chi connectivity index (χ3n) is 3.88. The summed E-state index contributed by atoms with van der Waals surface area (Å²) in [7, 11) is 0. The van der Waals surface area contributed by atoms with Crippen molar-refractivity contribution < 1.29 is 0 Å². The van der Waals surface area contributed by atoms with E-state index in [-0.39, 0.29) is 0 Å². The van der Waals surface area contributed by atoms with Crippen molar-refractivity contribution in [1.82, 2.24) is 0 Å². The minimum absolute atomic E-state index is 0.836. The number of hydrogen-bond acceptors (Lipinski definition) is 1. The van der Waals surface area contributed by atoms with Gasteiger partial charge in [-0.15, -0.1) is 0 Å². The molecule has 84 valence electrons. The standard InChI is InChI=1S/C13H27N/c1-3-4-5-6-12-9-11(2)7-8-13(12)10-14/h11-13H,3-10,14H2,1-2H3. The van der Waals surface area contributed by atoms with Crippen molar-refractivity contribution in [1.29, 1.82) is 0 Å². The van der Waals surface area contributed by atoms with Crippen molar-refractivity contribution >= 4 is 0 Å². The van der Waals surface area contributed by atoms with E-state index >= 15 is 0 Å². The lowest BCUT2D eigenvalue weighted by molar-refractivity contribution is 0.180. The smallest absolute Gasteiger partial charge is 0.00462 e. The number of rotatable bonds is 5. The maximum Gasteiger partial charge on any atom is -0.00462 e. The summed E-state index contributed by atoms with van der Waals surface area (Å²) in [5.74, 6) is 2.72. The predicted octanol–water partition coefficient (Wildman–Crippen LogP) is 3.58. The van der Waals surface area contributed by atoms with Crippen LogP contribution in [0.25, 0.3) is 0 Å². The predicted molar refractivity (Wildman–Crippen MR) is 63.2 cm³/mol. The third-order valence-corrected chi connectivity index (χ3v) is 3.88. The quantitative estimate of drug-likeness (QED) is 0.670. The summed E-state index contributed by atoms with van der Waals surface area (Å²) in [5, 5.41) is 0. The van der Waals surface area contributed by atoms with Crippen LogP contribution in [0, 0.1) is 17.8 Å². The molecule has 0 saturated heterocycles. The molecule has 0 spiro atoms. The lowest BCUT2D eigenvalue weighted by Gasteiger charge is -2.34. The van der Waals surface area contributed by atoms with Crippen LogP contribution in [0.5, 0.6) is 0 Å². The molecular formula is C13H27N. The molecule has 1 heteroatoms. The van der Waals surface area contributed by atoms with Crippen LogP contribution in [0.15, 0.2) is 0 Å². The second kappa shape index (κ2) is 6.44. The molecule has 0 aliphatic heterocycles. The molecule has 3 atom stereocenters. The fourth-order valence-electron chi connectivity index (χ4n) is 2.88. The Labute approximate surface area is 89.5 Å². The first-order valence-electron chi connectivity index (χ1n) is 6.48. The Morgan fingerprint density at radius 2 is 1.93 bits per heavy atom. The van der Waals surface area contributed by atoms with Gasteiger partial charge in [0.05, 0.1) is 0 Å². The van der Waals surface area contributed by atoms with Gasteiger partial charge in [0.15, 0.2) is 0 Å². The SMILES string of the molecule is CCCCCC1CC(C)CCC1CN. The molecule has 1 aliphatic carbocycles. The molecule has 0 aromatic rings. The Morgan fingerprint density at radius 3 is 2.57 bits per heavy atom. The monoisotopic (exact) mass is 197 g/mol. The van der Waals surface area contributed by atoms with Crippen LogP contribution in [0.1, 0.15) is 58.8 Å². The second-order valence-corrected chi connectivity index (χ2v) is 5.17. The maximum absolute atomic E-state index is 5.84. The van der Waals surface area contributed by atoms with Crippen LogP contribution >= 0.6 is 0 Å². The summed E-state index contributed by atoms with van der Waals surface area (Å²) in [6.07, 6.45) is 9.83. The van der Waals surface area contributed by atoms with E-state index in [0.29, 0.717) is 0 Å². The van der Waals surface area contributed by atoms with Gasteiger partial charge in [-0.2, -0.15) is 0 Å². The first-order valence-corrected chi connectivity index (χ1v) is 6.48.